The van der Waals surface area contributed by atoms with Gasteiger partial charge in [-0.05, 0) is 61.7 Å². The van der Waals surface area contributed by atoms with Crippen molar-refractivity contribution in [3.8, 4) is 0 Å². The van der Waals surface area contributed by atoms with Gasteiger partial charge in [0.1, 0.15) is 12.4 Å². The van der Waals surface area contributed by atoms with E-state index in [2.05, 4.69) is 32.6 Å². The molecule has 0 saturated carbocycles. The minimum absolute atomic E-state index is 0.0128. The van der Waals surface area contributed by atoms with Crippen molar-refractivity contribution in [2.24, 2.45) is 5.73 Å². The number of hydrogen-bond acceptors (Lipinski definition) is 7. The molecule has 0 bridgehead atoms. The Kier molecular flexibility index (Phi) is 9.41. The van der Waals surface area contributed by atoms with Crippen LogP contribution in [0.5, 0.6) is 0 Å². The van der Waals surface area contributed by atoms with Crippen LogP contribution in [-0.2, 0) is 25.9 Å². The number of allylic oxidation sites excluding steroid dienone is 1. The molecule has 0 fully saturated rings. The van der Waals surface area contributed by atoms with Gasteiger partial charge in [0.15, 0.2) is 5.69 Å². The van der Waals surface area contributed by atoms with E-state index in [1.807, 2.05) is 37.3 Å². The summed E-state index contributed by atoms with van der Waals surface area (Å²) in [6.07, 6.45) is 2.93. The second kappa shape index (κ2) is 12.9. The molecule has 212 valence electrons. The third-order valence-electron chi connectivity index (χ3n) is 7.23. The number of alkyl halides is 1. The first-order valence-electron chi connectivity index (χ1n) is 13.3. The van der Waals surface area contributed by atoms with Gasteiger partial charge in [0.05, 0.1) is 24.5 Å². The second-order valence-corrected chi connectivity index (χ2v) is 9.65. The van der Waals surface area contributed by atoms with Gasteiger partial charge in [-0.3, -0.25) is 19.5 Å². The molecule has 2 aromatic heterocycles. The van der Waals surface area contributed by atoms with Crippen LogP contribution in [0.15, 0.2) is 43.1 Å². The lowest BCUT2D eigenvalue weighted by molar-refractivity contribution is 0.0943. The van der Waals surface area contributed by atoms with Crippen molar-refractivity contribution in [1.29, 1.82) is 0 Å². The van der Waals surface area contributed by atoms with Crippen LogP contribution in [0.3, 0.4) is 0 Å². The van der Waals surface area contributed by atoms with Crippen LogP contribution in [0.25, 0.3) is 5.70 Å². The number of hydrogen-bond donors (Lipinski definition) is 3. The fraction of sp³-hybridized carbons (Fsp3) is 0.379. The Morgan fingerprint density at radius 1 is 1.20 bits per heavy atom. The lowest BCUT2D eigenvalue weighted by Crippen LogP contribution is -2.39. The van der Waals surface area contributed by atoms with E-state index in [4.69, 9.17) is 0 Å². The molecule has 11 heteroatoms. The number of anilines is 1. The lowest BCUT2D eigenvalue weighted by Gasteiger charge is -2.31. The molecule has 0 atom stereocenters. The van der Waals surface area contributed by atoms with E-state index in [1.165, 1.54) is 17.3 Å². The number of pyridine rings is 1. The fourth-order valence-corrected chi connectivity index (χ4v) is 5.13. The summed E-state index contributed by atoms with van der Waals surface area (Å²) in [5.74, 6) is -0.799. The van der Waals surface area contributed by atoms with Crippen molar-refractivity contribution < 1.29 is 19.1 Å². The zero-order valence-electron chi connectivity index (χ0n) is 23.0. The maximum absolute atomic E-state index is 13.8. The quantitative estimate of drug-likeness (QED) is 0.392. The molecule has 0 saturated heterocycles. The average molecular weight is 550 g/mol. The first kappa shape index (κ1) is 29.1. The highest BCUT2D eigenvalue weighted by atomic mass is 19.1. The minimum Gasteiger partial charge on any atom is -0.395 e. The summed E-state index contributed by atoms with van der Waals surface area (Å²) < 4.78 is 14.9. The number of nitrogens with zero attached hydrogens (tertiary/aromatic N) is 5. The molecule has 4 heterocycles. The SMILES string of the molecule is C=C(CF)n1nc(C(=O)NCc2ncccc2C)c2c1C(=O)N(c1ccc3c(c1)CN(CCO)CC3)CC2.CN. The van der Waals surface area contributed by atoms with Crippen molar-refractivity contribution in [3.05, 3.63) is 82.4 Å². The minimum atomic E-state index is -0.908. The normalized spacial score (nSPS) is 14.6. The van der Waals surface area contributed by atoms with E-state index < -0.39 is 12.6 Å². The Bertz CT molecular complexity index is 1400. The summed E-state index contributed by atoms with van der Waals surface area (Å²) in [7, 11) is 1.50. The van der Waals surface area contributed by atoms with Crippen LogP contribution in [0.4, 0.5) is 10.1 Å². The third-order valence-corrected chi connectivity index (χ3v) is 7.23. The molecule has 0 spiro atoms. The molecule has 0 aliphatic carbocycles. The standard InChI is InChI=1S/C28H31FN6O3.CH5N/c1-18-4-3-9-30-24(18)16-31-27(37)25-23-8-11-34(28(38)26(23)35(32-25)19(2)15-29)22-6-5-20-7-10-33(12-13-36)17-21(20)14-22;1-2/h3-6,9,14,36H,2,7-8,10-13,15-17H2,1H3,(H,31,37);2H2,1H3. The first-order valence-corrected chi connectivity index (χ1v) is 13.3. The largest absolute Gasteiger partial charge is 0.395 e. The number of benzene rings is 1. The van der Waals surface area contributed by atoms with Gasteiger partial charge in [-0.25, -0.2) is 9.07 Å². The molecule has 3 aromatic rings. The van der Waals surface area contributed by atoms with E-state index in [0.29, 0.717) is 31.6 Å². The average Bonchev–Trinajstić information content (AvgIpc) is 3.38. The van der Waals surface area contributed by atoms with Crippen molar-refractivity contribution in [3.63, 3.8) is 0 Å². The Hall–Kier alpha value is -3.93. The zero-order valence-corrected chi connectivity index (χ0v) is 23.0. The van der Waals surface area contributed by atoms with Crippen molar-refractivity contribution in [1.82, 2.24) is 25.0 Å². The summed E-state index contributed by atoms with van der Waals surface area (Å²) in [5, 5.41) is 16.5. The van der Waals surface area contributed by atoms with Gasteiger partial charge >= 0.3 is 0 Å². The van der Waals surface area contributed by atoms with E-state index in [9.17, 15) is 19.1 Å². The van der Waals surface area contributed by atoms with Gasteiger partial charge in [0, 0.05) is 43.6 Å². The Labute approximate surface area is 233 Å². The van der Waals surface area contributed by atoms with Gasteiger partial charge in [-0.15, -0.1) is 0 Å². The molecule has 2 aliphatic rings. The van der Waals surface area contributed by atoms with E-state index in [-0.39, 0.29) is 36.1 Å². The Morgan fingerprint density at radius 2 is 2.00 bits per heavy atom. The molecular weight excluding hydrogens is 513 g/mol. The number of nitrogens with two attached hydrogens (primary N) is 1. The monoisotopic (exact) mass is 549 g/mol. The van der Waals surface area contributed by atoms with E-state index in [0.717, 1.165) is 35.5 Å². The van der Waals surface area contributed by atoms with Crippen LogP contribution in [0.2, 0.25) is 0 Å². The number of rotatable bonds is 8. The van der Waals surface area contributed by atoms with Crippen LogP contribution in [0.1, 0.15) is 48.9 Å². The molecule has 2 amide bonds. The topological polar surface area (TPSA) is 130 Å². The summed E-state index contributed by atoms with van der Waals surface area (Å²) in [6.45, 7) is 7.59. The predicted molar refractivity (Wildman–Crippen MR) is 152 cm³/mol. The number of aryl methyl sites for hydroxylation is 1. The van der Waals surface area contributed by atoms with Crippen molar-refractivity contribution in [2.45, 2.75) is 32.9 Å². The summed E-state index contributed by atoms with van der Waals surface area (Å²) >= 11 is 0. The van der Waals surface area contributed by atoms with Gasteiger partial charge in [0.25, 0.3) is 11.8 Å². The number of aliphatic hydroxyl groups is 1. The number of carbonyl (C=O) groups is 2. The predicted octanol–water partition coefficient (Wildman–Crippen LogP) is 2.08. The summed E-state index contributed by atoms with van der Waals surface area (Å²) in [4.78, 5) is 35.0. The molecule has 2 aliphatic heterocycles. The number of aromatic nitrogens is 3. The molecule has 4 N–H and O–H groups in total. The number of β-amino-alcohol motifs (C(OH)–C–C–N with tert-alkyl or cyclic N) is 1. The van der Waals surface area contributed by atoms with Crippen molar-refractivity contribution in [2.75, 3.05) is 44.9 Å². The van der Waals surface area contributed by atoms with E-state index in [1.54, 1.807) is 11.1 Å². The van der Waals surface area contributed by atoms with Crippen LogP contribution >= 0.6 is 0 Å². The molecular formula is C29H36FN7O3. The van der Waals surface area contributed by atoms with E-state index >= 15 is 0 Å². The Morgan fingerprint density at radius 3 is 2.73 bits per heavy atom. The number of amides is 2. The highest BCUT2D eigenvalue weighted by Gasteiger charge is 2.35. The first-order chi connectivity index (χ1) is 19.4. The molecule has 5 rings (SSSR count). The highest BCUT2D eigenvalue weighted by Crippen LogP contribution is 2.31. The van der Waals surface area contributed by atoms with Gasteiger partial charge in [0.2, 0.25) is 0 Å². The summed E-state index contributed by atoms with van der Waals surface area (Å²) in [6, 6.07) is 9.72. The van der Waals surface area contributed by atoms with Gasteiger partial charge in [-0.1, -0.05) is 18.7 Å². The molecule has 10 nitrogen and oxygen atoms in total. The number of halogens is 1. The van der Waals surface area contributed by atoms with Crippen LogP contribution < -0.4 is 16.0 Å². The molecule has 0 radical (unpaired) electrons. The van der Waals surface area contributed by atoms with Crippen molar-refractivity contribution >= 4 is 23.2 Å². The number of nitrogens with one attached hydrogen (secondary N) is 1. The maximum Gasteiger partial charge on any atom is 0.277 e. The van der Waals surface area contributed by atoms with Gasteiger partial charge in [-0.2, -0.15) is 5.10 Å². The van der Waals surface area contributed by atoms with Crippen LogP contribution in [-0.4, -0.2) is 76.5 Å². The maximum atomic E-state index is 13.8. The highest BCUT2D eigenvalue weighted by molar-refractivity contribution is 6.10. The van der Waals surface area contributed by atoms with Gasteiger partial charge < -0.3 is 21.1 Å². The Balaban J connectivity index is 0.00000181. The smallest absolute Gasteiger partial charge is 0.277 e. The fourth-order valence-electron chi connectivity index (χ4n) is 5.13. The number of carbonyl (C=O) groups excluding carboxylic acids is 2. The number of aliphatic hydroxyl groups excluding tert-OH is 1. The lowest BCUT2D eigenvalue weighted by atomic mass is 9.97. The van der Waals surface area contributed by atoms with Crippen LogP contribution in [0, 0.1) is 6.92 Å². The zero-order chi connectivity index (χ0) is 28.8. The molecule has 40 heavy (non-hydrogen) atoms. The molecule has 0 unspecified atom stereocenters. The second-order valence-electron chi connectivity index (χ2n) is 9.65. The third kappa shape index (κ3) is 5.81. The molecule has 1 aromatic carbocycles. The number of fused-ring (bicyclic) bond motifs is 2. The summed E-state index contributed by atoms with van der Waals surface area (Å²) in [5.41, 5.74) is 10.00.